The van der Waals surface area contributed by atoms with Crippen LogP contribution in [-0.2, 0) is 6.32 Å². The van der Waals surface area contributed by atoms with Gasteiger partial charge in [0.25, 0.3) is 0 Å². The average Bonchev–Trinajstić information content (AvgIpc) is 1.95. The summed E-state index contributed by atoms with van der Waals surface area (Å²) >= 11 is 3.20. The Morgan fingerprint density at radius 2 is 2.27 bits per heavy atom. The molecular weight excluding hydrogens is 206 g/mol. The summed E-state index contributed by atoms with van der Waals surface area (Å²) in [4.78, 5) is 0. The quantitative estimate of drug-likeness (QED) is 0.663. The summed E-state index contributed by atoms with van der Waals surface area (Å²) < 4.78 is 13.8. The standard InChI is InChI=1S/C8H8BBrF/c1-9-5-6-2-3-7(10)4-8(6)11/h2-4H,5H2,1H3. The third kappa shape index (κ3) is 2.33. The molecule has 1 rings (SSSR count). The number of hydrogen-bond acceptors (Lipinski definition) is 0. The van der Waals surface area contributed by atoms with Crippen molar-refractivity contribution in [2.45, 2.75) is 13.1 Å². The summed E-state index contributed by atoms with van der Waals surface area (Å²) in [5.74, 6) is -0.141. The van der Waals surface area contributed by atoms with Crippen molar-refractivity contribution in [3.63, 3.8) is 0 Å². The number of benzene rings is 1. The highest BCUT2D eigenvalue weighted by atomic mass is 79.9. The van der Waals surface area contributed by atoms with E-state index < -0.39 is 0 Å². The van der Waals surface area contributed by atoms with Gasteiger partial charge in [-0.05, 0) is 17.7 Å². The van der Waals surface area contributed by atoms with Crippen LogP contribution in [0.5, 0.6) is 0 Å². The highest BCUT2D eigenvalue weighted by Crippen LogP contribution is 2.15. The summed E-state index contributed by atoms with van der Waals surface area (Å²) in [7, 11) is 1.94. The van der Waals surface area contributed by atoms with Crippen LogP contribution in [0.1, 0.15) is 5.56 Å². The van der Waals surface area contributed by atoms with E-state index in [0.717, 1.165) is 10.0 Å². The molecule has 0 saturated carbocycles. The van der Waals surface area contributed by atoms with E-state index in [9.17, 15) is 4.39 Å². The van der Waals surface area contributed by atoms with Gasteiger partial charge in [0, 0.05) is 4.47 Å². The van der Waals surface area contributed by atoms with Crippen LogP contribution >= 0.6 is 15.9 Å². The Balaban J connectivity index is 2.90. The van der Waals surface area contributed by atoms with Crippen LogP contribution in [0.2, 0.25) is 6.82 Å². The molecule has 0 spiro atoms. The zero-order valence-electron chi connectivity index (χ0n) is 6.27. The summed E-state index contributed by atoms with van der Waals surface area (Å²) in [5, 5.41) is 0. The highest BCUT2D eigenvalue weighted by molar-refractivity contribution is 9.10. The third-order valence-corrected chi connectivity index (χ3v) is 1.93. The molecule has 1 radical (unpaired) electrons. The lowest BCUT2D eigenvalue weighted by Crippen LogP contribution is -1.94. The normalized spacial score (nSPS) is 9.73. The van der Waals surface area contributed by atoms with Crippen LogP contribution in [0.4, 0.5) is 4.39 Å². The lowest BCUT2D eigenvalue weighted by atomic mass is 9.75. The minimum atomic E-state index is -0.141. The van der Waals surface area contributed by atoms with E-state index in [4.69, 9.17) is 0 Å². The SMILES string of the molecule is C[B]Cc1ccc(Br)cc1F. The lowest BCUT2D eigenvalue weighted by molar-refractivity contribution is 0.616. The van der Waals surface area contributed by atoms with E-state index in [1.165, 1.54) is 6.07 Å². The highest BCUT2D eigenvalue weighted by Gasteiger charge is 2.00. The molecule has 3 heteroatoms. The first-order valence-electron chi connectivity index (χ1n) is 3.46. The first-order valence-corrected chi connectivity index (χ1v) is 4.25. The van der Waals surface area contributed by atoms with Gasteiger partial charge in [0.1, 0.15) is 13.1 Å². The van der Waals surface area contributed by atoms with Crippen LogP contribution in [0.25, 0.3) is 0 Å². The van der Waals surface area contributed by atoms with Gasteiger partial charge in [-0.15, -0.1) is 0 Å². The molecule has 1 aromatic carbocycles. The third-order valence-electron chi connectivity index (χ3n) is 1.44. The van der Waals surface area contributed by atoms with Gasteiger partial charge in [-0.25, -0.2) is 4.39 Å². The number of rotatable bonds is 2. The zero-order valence-corrected chi connectivity index (χ0v) is 7.86. The predicted molar refractivity (Wildman–Crippen MR) is 49.4 cm³/mol. The Bertz CT molecular complexity index is 250. The van der Waals surface area contributed by atoms with Crippen molar-refractivity contribution in [3.05, 3.63) is 34.1 Å². The van der Waals surface area contributed by atoms with Crippen LogP contribution in [0.3, 0.4) is 0 Å². The molecule has 0 aliphatic rings. The van der Waals surface area contributed by atoms with E-state index in [1.807, 2.05) is 20.2 Å². The topological polar surface area (TPSA) is 0 Å². The maximum absolute atomic E-state index is 13.0. The molecule has 0 aliphatic heterocycles. The first kappa shape index (κ1) is 8.79. The van der Waals surface area contributed by atoms with Gasteiger partial charge < -0.3 is 0 Å². The predicted octanol–water partition coefficient (Wildman–Crippen LogP) is 2.84. The van der Waals surface area contributed by atoms with Gasteiger partial charge in [0.15, 0.2) is 0 Å². The molecule has 0 heterocycles. The van der Waals surface area contributed by atoms with E-state index in [2.05, 4.69) is 15.9 Å². The Hall–Kier alpha value is -0.305. The molecule has 0 fully saturated rings. The van der Waals surface area contributed by atoms with Crippen molar-refractivity contribution in [2.75, 3.05) is 0 Å². The van der Waals surface area contributed by atoms with Gasteiger partial charge in [0.2, 0.25) is 0 Å². The number of hydrogen-bond donors (Lipinski definition) is 0. The monoisotopic (exact) mass is 213 g/mol. The molecule has 0 nitrogen and oxygen atoms in total. The molecule has 0 saturated heterocycles. The molecule has 0 amide bonds. The minimum Gasteiger partial charge on any atom is -0.207 e. The second-order valence-corrected chi connectivity index (χ2v) is 3.26. The summed E-state index contributed by atoms with van der Waals surface area (Å²) in [5.41, 5.74) is 0.746. The van der Waals surface area contributed by atoms with Crippen LogP contribution in [0, 0.1) is 5.82 Å². The van der Waals surface area contributed by atoms with E-state index in [-0.39, 0.29) is 5.82 Å². The molecule has 0 unspecified atom stereocenters. The van der Waals surface area contributed by atoms with Crippen molar-refractivity contribution >= 4 is 23.2 Å². The van der Waals surface area contributed by atoms with Crippen LogP contribution < -0.4 is 0 Å². The van der Waals surface area contributed by atoms with Crippen LogP contribution in [0.15, 0.2) is 22.7 Å². The van der Waals surface area contributed by atoms with Crippen molar-refractivity contribution < 1.29 is 4.39 Å². The molecule has 0 aromatic heterocycles. The van der Waals surface area contributed by atoms with Crippen LogP contribution in [-0.4, -0.2) is 7.28 Å². The second-order valence-electron chi connectivity index (χ2n) is 2.35. The molecule has 0 aliphatic carbocycles. The van der Waals surface area contributed by atoms with Crippen molar-refractivity contribution in [1.82, 2.24) is 0 Å². The fraction of sp³-hybridized carbons (Fsp3) is 0.250. The molecule has 0 bridgehead atoms. The van der Waals surface area contributed by atoms with Gasteiger partial charge >= 0.3 is 0 Å². The van der Waals surface area contributed by atoms with Crippen molar-refractivity contribution in [3.8, 4) is 0 Å². The molecule has 57 valence electrons. The Kier molecular flexibility index (Phi) is 3.12. The summed E-state index contributed by atoms with van der Waals surface area (Å²) in [6, 6.07) is 5.13. The van der Waals surface area contributed by atoms with Gasteiger partial charge in [0.05, 0.1) is 0 Å². The fourth-order valence-corrected chi connectivity index (χ4v) is 1.24. The summed E-state index contributed by atoms with van der Waals surface area (Å²) in [6.45, 7) is 1.92. The summed E-state index contributed by atoms with van der Waals surface area (Å²) in [6.07, 6.45) is 0.694. The largest absolute Gasteiger partial charge is 0.207 e. The Labute approximate surface area is 75.2 Å². The fourth-order valence-electron chi connectivity index (χ4n) is 0.907. The molecular formula is C8H8BBrF. The Morgan fingerprint density at radius 3 is 2.82 bits per heavy atom. The smallest absolute Gasteiger partial charge is 0.126 e. The van der Waals surface area contributed by atoms with E-state index >= 15 is 0 Å². The zero-order chi connectivity index (χ0) is 8.27. The van der Waals surface area contributed by atoms with Gasteiger partial charge in [-0.2, -0.15) is 0 Å². The van der Waals surface area contributed by atoms with Crippen molar-refractivity contribution in [1.29, 1.82) is 0 Å². The maximum atomic E-state index is 13.0. The first-order chi connectivity index (χ1) is 5.24. The molecule has 0 N–H and O–H groups in total. The van der Waals surface area contributed by atoms with E-state index in [0.29, 0.717) is 6.32 Å². The van der Waals surface area contributed by atoms with Gasteiger partial charge in [-0.1, -0.05) is 35.1 Å². The number of halogens is 2. The molecule has 0 atom stereocenters. The Morgan fingerprint density at radius 1 is 1.55 bits per heavy atom. The second kappa shape index (κ2) is 3.91. The van der Waals surface area contributed by atoms with Gasteiger partial charge in [-0.3, -0.25) is 0 Å². The molecule has 1 aromatic rings. The lowest BCUT2D eigenvalue weighted by Gasteiger charge is -1.99. The van der Waals surface area contributed by atoms with E-state index in [1.54, 1.807) is 6.07 Å². The minimum absolute atomic E-state index is 0.141. The molecule has 11 heavy (non-hydrogen) atoms. The average molecular weight is 214 g/mol. The maximum Gasteiger partial charge on any atom is 0.126 e. The van der Waals surface area contributed by atoms with Crippen molar-refractivity contribution in [2.24, 2.45) is 0 Å².